The molecule has 4 rings (SSSR count). The number of hydrogen-bond donors (Lipinski definition) is 1. The first kappa shape index (κ1) is 22.0. The molecule has 0 spiro atoms. The van der Waals surface area contributed by atoms with Gasteiger partial charge in [-0.25, -0.2) is 14.8 Å². The summed E-state index contributed by atoms with van der Waals surface area (Å²) in [6.07, 6.45) is 5.62. The zero-order chi connectivity index (χ0) is 22.7. The van der Waals surface area contributed by atoms with E-state index in [1.165, 1.54) is 37.3 Å². The Morgan fingerprint density at radius 3 is 2.72 bits per heavy atom. The molecule has 0 saturated carbocycles. The average molecular weight is 456 g/mol. The van der Waals surface area contributed by atoms with Crippen LogP contribution < -0.4 is 15.2 Å². The number of methoxy groups -OCH3 is 1. The summed E-state index contributed by atoms with van der Waals surface area (Å²) in [4.78, 5) is 34.8. The van der Waals surface area contributed by atoms with Gasteiger partial charge in [0.15, 0.2) is 36.3 Å². The van der Waals surface area contributed by atoms with E-state index in [9.17, 15) is 9.59 Å². The highest BCUT2D eigenvalue weighted by Gasteiger charge is 2.20. The summed E-state index contributed by atoms with van der Waals surface area (Å²) in [6, 6.07) is 4.76. The molecule has 2 N–H and O–H groups in total. The fourth-order valence-electron chi connectivity index (χ4n) is 3.80. The van der Waals surface area contributed by atoms with Crippen molar-refractivity contribution in [1.82, 2.24) is 9.97 Å². The van der Waals surface area contributed by atoms with Crippen LogP contribution in [0.4, 0.5) is 5.82 Å². The van der Waals surface area contributed by atoms with Gasteiger partial charge in [-0.05, 0) is 56.4 Å². The number of fused-ring (bicyclic) bond motifs is 3. The molecule has 1 aliphatic carbocycles. The van der Waals surface area contributed by atoms with Crippen molar-refractivity contribution in [3.8, 4) is 11.5 Å². The lowest BCUT2D eigenvalue weighted by atomic mass is 10.1. The van der Waals surface area contributed by atoms with Crippen LogP contribution in [-0.4, -0.2) is 35.4 Å². The Labute approximate surface area is 189 Å². The van der Waals surface area contributed by atoms with Gasteiger partial charge in [0.2, 0.25) is 0 Å². The zero-order valence-corrected chi connectivity index (χ0v) is 18.9. The van der Waals surface area contributed by atoms with Gasteiger partial charge < -0.3 is 19.9 Å². The quantitative estimate of drug-likeness (QED) is 0.324. The lowest BCUT2D eigenvalue weighted by molar-refractivity contribution is -0.147. The van der Waals surface area contributed by atoms with E-state index in [0.717, 1.165) is 29.5 Å². The van der Waals surface area contributed by atoms with Crippen molar-refractivity contribution < 1.29 is 23.8 Å². The summed E-state index contributed by atoms with van der Waals surface area (Å²) in [5.41, 5.74) is 8.01. The lowest BCUT2D eigenvalue weighted by Crippen LogP contribution is -2.16. The molecule has 168 valence electrons. The summed E-state index contributed by atoms with van der Waals surface area (Å²) in [6.45, 7) is 1.05. The molecule has 2 aromatic heterocycles. The second kappa shape index (κ2) is 9.52. The molecular formula is C23H25N3O5S. The third-order valence-corrected chi connectivity index (χ3v) is 6.60. The predicted octanol–water partition coefficient (Wildman–Crippen LogP) is 3.88. The third kappa shape index (κ3) is 4.67. The minimum atomic E-state index is -0.577. The Morgan fingerprint density at radius 2 is 1.94 bits per heavy atom. The molecular weight excluding hydrogens is 430 g/mol. The van der Waals surface area contributed by atoms with Crippen LogP contribution in [0.15, 0.2) is 18.2 Å². The van der Waals surface area contributed by atoms with E-state index in [0.29, 0.717) is 28.7 Å². The molecule has 32 heavy (non-hydrogen) atoms. The van der Waals surface area contributed by atoms with Crippen molar-refractivity contribution >= 4 is 39.1 Å². The van der Waals surface area contributed by atoms with Crippen LogP contribution in [-0.2, 0) is 29.0 Å². The Hall–Kier alpha value is -3.20. The van der Waals surface area contributed by atoms with Gasteiger partial charge in [-0.2, -0.15) is 0 Å². The average Bonchev–Trinajstić information content (AvgIpc) is 2.97. The van der Waals surface area contributed by atoms with Gasteiger partial charge in [0.1, 0.15) is 10.6 Å². The standard InChI is InChI=1S/C23H25N3O5S/c1-13(27)14-8-9-16(17(10-14)29-2)30-12-20(28)31-11-19-25-22(24)21-15-6-4-3-5-7-18(15)32-23(21)26-19/h8-10H,3-7,11-12H2,1-2H3,(H2,24,25,26). The monoisotopic (exact) mass is 455 g/mol. The Morgan fingerprint density at radius 1 is 1.12 bits per heavy atom. The van der Waals surface area contributed by atoms with E-state index in [1.807, 2.05) is 0 Å². The molecule has 0 atom stereocenters. The second-order valence-corrected chi connectivity index (χ2v) is 8.72. The molecule has 0 bridgehead atoms. The fraction of sp³-hybridized carbons (Fsp3) is 0.391. The number of nitrogens with two attached hydrogens (primary N) is 1. The van der Waals surface area contributed by atoms with Gasteiger partial charge in [-0.15, -0.1) is 11.3 Å². The van der Waals surface area contributed by atoms with E-state index >= 15 is 0 Å². The summed E-state index contributed by atoms with van der Waals surface area (Å²) in [7, 11) is 1.46. The van der Waals surface area contributed by atoms with Crippen LogP contribution in [0.3, 0.4) is 0 Å². The van der Waals surface area contributed by atoms with E-state index in [4.69, 9.17) is 19.9 Å². The zero-order valence-electron chi connectivity index (χ0n) is 18.1. The summed E-state index contributed by atoms with van der Waals surface area (Å²) in [5.74, 6) is 0.843. The molecule has 1 aliphatic rings. The van der Waals surface area contributed by atoms with Crippen molar-refractivity contribution in [2.45, 2.75) is 45.6 Å². The van der Waals surface area contributed by atoms with Crippen LogP contribution in [0.5, 0.6) is 11.5 Å². The normalized spacial score (nSPS) is 13.3. The predicted molar refractivity (Wildman–Crippen MR) is 121 cm³/mol. The lowest BCUT2D eigenvalue weighted by Gasteiger charge is -2.11. The van der Waals surface area contributed by atoms with Crippen molar-refractivity contribution in [2.24, 2.45) is 0 Å². The molecule has 3 aromatic rings. The highest BCUT2D eigenvalue weighted by Crippen LogP contribution is 2.37. The van der Waals surface area contributed by atoms with Crippen molar-refractivity contribution in [2.75, 3.05) is 19.5 Å². The maximum Gasteiger partial charge on any atom is 0.344 e. The molecule has 0 saturated heterocycles. The number of nitrogens with zero attached hydrogens (tertiary/aromatic N) is 2. The van der Waals surface area contributed by atoms with Crippen LogP contribution in [0.2, 0.25) is 0 Å². The Kier molecular flexibility index (Phi) is 6.55. The SMILES string of the molecule is COc1cc(C(C)=O)ccc1OCC(=O)OCc1nc(N)c2c3c(sc2n1)CCCCC3. The van der Waals surface area contributed by atoms with Gasteiger partial charge in [-0.3, -0.25) is 4.79 Å². The number of carbonyl (C=O) groups is 2. The Balaban J connectivity index is 1.39. The highest BCUT2D eigenvalue weighted by molar-refractivity contribution is 7.19. The van der Waals surface area contributed by atoms with Crippen molar-refractivity contribution in [3.63, 3.8) is 0 Å². The largest absolute Gasteiger partial charge is 0.493 e. The molecule has 8 nitrogen and oxygen atoms in total. The summed E-state index contributed by atoms with van der Waals surface area (Å²) in [5, 5.41) is 0.950. The van der Waals surface area contributed by atoms with Crippen LogP contribution in [0, 0.1) is 0 Å². The molecule has 0 aliphatic heterocycles. The molecule has 2 heterocycles. The number of Topliss-reactive ketones (excluding diaryl/α,β-unsaturated/α-hetero) is 1. The minimum Gasteiger partial charge on any atom is -0.493 e. The van der Waals surface area contributed by atoms with Gasteiger partial charge in [0.05, 0.1) is 12.5 Å². The van der Waals surface area contributed by atoms with E-state index in [-0.39, 0.29) is 19.0 Å². The summed E-state index contributed by atoms with van der Waals surface area (Å²) >= 11 is 1.66. The van der Waals surface area contributed by atoms with Crippen molar-refractivity contribution in [3.05, 3.63) is 40.0 Å². The highest BCUT2D eigenvalue weighted by atomic mass is 32.1. The van der Waals surface area contributed by atoms with Crippen LogP contribution in [0.1, 0.15) is 52.8 Å². The topological polar surface area (TPSA) is 114 Å². The van der Waals surface area contributed by atoms with E-state index in [1.54, 1.807) is 29.5 Å². The summed E-state index contributed by atoms with van der Waals surface area (Å²) < 4.78 is 16.0. The number of rotatable bonds is 7. The van der Waals surface area contributed by atoms with Crippen LogP contribution >= 0.6 is 11.3 Å². The maximum absolute atomic E-state index is 12.2. The number of benzene rings is 1. The number of thiophene rings is 1. The number of aryl methyl sites for hydroxylation is 2. The number of ketones is 1. The number of aromatic nitrogens is 2. The fourth-order valence-corrected chi connectivity index (χ4v) is 5.09. The molecule has 0 radical (unpaired) electrons. The first-order valence-corrected chi connectivity index (χ1v) is 11.3. The first-order chi connectivity index (χ1) is 15.5. The van der Waals surface area contributed by atoms with Crippen molar-refractivity contribution in [1.29, 1.82) is 0 Å². The number of ether oxygens (including phenoxy) is 3. The number of anilines is 1. The molecule has 9 heteroatoms. The molecule has 0 amide bonds. The van der Waals surface area contributed by atoms with Gasteiger partial charge in [-0.1, -0.05) is 6.42 Å². The molecule has 0 fully saturated rings. The maximum atomic E-state index is 12.2. The van der Waals surface area contributed by atoms with E-state index in [2.05, 4.69) is 9.97 Å². The third-order valence-electron chi connectivity index (χ3n) is 5.42. The van der Waals surface area contributed by atoms with Gasteiger partial charge >= 0.3 is 5.97 Å². The van der Waals surface area contributed by atoms with Crippen LogP contribution in [0.25, 0.3) is 10.2 Å². The van der Waals surface area contributed by atoms with E-state index < -0.39 is 5.97 Å². The second-order valence-electron chi connectivity index (χ2n) is 7.64. The minimum absolute atomic E-state index is 0.0901. The number of esters is 1. The Bertz CT molecular complexity index is 1170. The van der Waals surface area contributed by atoms with Gasteiger partial charge in [0, 0.05) is 10.4 Å². The smallest absolute Gasteiger partial charge is 0.344 e. The number of carbonyl (C=O) groups excluding carboxylic acids is 2. The molecule has 0 unspecified atom stereocenters. The number of nitrogen functional groups attached to an aromatic ring is 1. The number of hydrogen-bond acceptors (Lipinski definition) is 9. The molecule has 1 aromatic carbocycles. The first-order valence-electron chi connectivity index (χ1n) is 10.5. The van der Waals surface area contributed by atoms with Gasteiger partial charge in [0.25, 0.3) is 0 Å².